The lowest BCUT2D eigenvalue weighted by molar-refractivity contribution is 0.0312. The van der Waals surface area contributed by atoms with Gasteiger partial charge in [-0.25, -0.2) is 0 Å². The standard InChI is InChI=1S/C13H22N4O3/c1-3-13(19,4-2)8-15-11(18)10-16-12(20-17-10)9-6-5-7-14-9/h9,14,19H,3-8H2,1-2H3,(H,15,18). The van der Waals surface area contributed by atoms with Gasteiger partial charge in [-0.05, 0) is 32.2 Å². The van der Waals surface area contributed by atoms with E-state index in [9.17, 15) is 9.90 Å². The smallest absolute Gasteiger partial charge is 0.292 e. The summed E-state index contributed by atoms with van der Waals surface area (Å²) in [6.07, 6.45) is 3.16. The van der Waals surface area contributed by atoms with Gasteiger partial charge in [0, 0.05) is 6.54 Å². The Morgan fingerprint density at radius 2 is 2.30 bits per heavy atom. The van der Waals surface area contributed by atoms with Gasteiger partial charge in [0.2, 0.25) is 5.89 Å². The van der Waals surface area contributed by atoms with Crippen LogP contribution in [0.5, 0.6) is 0 Å². The van der Waals surface area contributed by atoms with Crippen LogP contribution in [0.1, 0.15) is 62.1 Å². The zero-order valence-electron chi connectivity index (χ0n) is 12.0. The fourth-order valence-electron chi connectivity index (χ4n) is 2.19. The first-order chi connectivity index (χ1) is 9.58. The third-order valence-corrected chi connectivity index (χ3v) is 3.90. The van der Waals surface area contributed by atoms with E-state index < -0.39 is 11.5 Å². The molecule has 2 heterocycles. The Kier molecular flexibility index (Phi) is 4.72. The molecule has 0 radical (unpaired) electrons. The van der Waals surface area contributed by atoms with Crippen LogP contribution < -0.4 is 10.6 Å². The molecule has 0 bridgehead atoms. The summed E-state index contributed by atoms with van der Waals surface area (Å²) in [5.74, 6) is 0.0514. The molecule has 1 atom stereocenters. The molecular formula is C13H22N4O3. The molecule has 1 fully saturated rings. The highest BCUT2D eigenvalue weighted by Crippen LogP contribution is 2.21. The van der Waals surface area contributed by atoms with Gasteiger partial charge in [0.1, 0.15) is 0 Å². The van der Waals surface area contributed by atoms with Crippen LogP contribution in [0.25, 0.3) is 0 Å². The van der Waals surface area contributed by atoms with Gasteiger partial charge in [-0.1, -0.05) is 19.0 Å². The summed E-state index contributed by atoms with van der Waals surface area (Å²) in [5.41, 5.74) is -0.880. The van der Waals surface area contributed by atoms with Crippen LogP contribution in [0, 0.1) is 0 Å². The molecule has 20 heavy (non-hydrogen) atoms. The van der Waals surface area contributed by atoms with Crippen LogP contribution in [-0.2, 0) is 0 Å². The monoisotopic (exact) mass is 282 g/mol. The van der Waals surface area contributed by atoms with Gasteiger partial charge < -0.3 is 20.3 Å². The average molecular weight is 282 g/mol. The summed E-state index contributed by atoms with van der Waals surface area (Å²) in [6.45, 7) is 4.88. The highest BCUT2D eigenvalue weighted by Gasteiger charge is 2.26. The maximum Gasteiger partial charge on any atom is 0.292 e. The SMILES string of the molecule is CCC(O)(CC)CNC(=O)c1noc(C2CCCN2)n1. The number of amides is 1. The molecule has 1 saturated heterocycles. The highest BCUT2D eigenvalue weighted by molar-refractivity contribution is 5.90. The van der Waals surface area contributed by atoms with E-state index in [4.69, 9.17) is 4.52 Å². The van der Waals surface area contributed by atoms with Gasteiger partial charge in [-0.3, -0.25) is 4.79 Å². The number of carbonyl (C=O) groups excluding carboxylic acids is 1. The Labute approximate surface area is 118 Å². The number of hydrogen-bond acceptors (Lipinski definition) is 6. The maximum absolute atomic E-state index is 11.9. The third-order valence-electron chi connectivity index (χ3n) is 3.90. The second-order valence-corrected chi connectivity index (χ2v) is 5.22. The number of nitrogens with one attached hydrogen (secondary N) is 2. The molecule has 0 spiro atoms. The van der Waals surface area contributed by atoms with E-state index in [-0.39, 0.29) is 18.4 Å². The van der Waals surface area contributed by atoms with E-state index >= 15 is 0 Å². The second-order valence-electron chi connectivity index (χ2n) is 5.22. The predicted molar refractivity (Wildman–Crippen MR) is 72.1 cm³/mol. The van der Waals surface area contributed by atoms with E-state index in [0.717, 1.165) is 19.4 Å². The van der Waals surface area contributed by atoms with Crippen LogP contribution in [0.15, 0.2) is 4.52 Å². The van der Waals surface area contributed by atoms with Crippen LogP contribution in [-0.4, -0.2) is 39.8 Å². The summed E-state index contributed by atoms with van der Waals surface area (Å²) >= 11 is 0. The molecule has 1 aliphatic rings. The largest absolute Gasteiger partial charge is 0.388 e. The van der Waals surface area contributed by atoms with Crippen molar-refractivity contribution in [1.29, 1.82) is 0 Å². The second kappa shape index (κ2) is 6.32. The van der Waals surface area contributed by atoms with Gasteiger partial charge in [0.05, 0.1) is 11.6 Å². The summed E-state index contributed by atoms with van der Waals surface area (Å²) in [4.78, 5) is 16.0. The zero-order chi connectivity index (χ0) is 14.6. The van der Waals surface area contributed by atoms with Crippen molar-refractivity contribution in [3.8, 4) is 0 Å². The summed E-state index contributed by atoms with van der Waals surface area (Å²) in [6, 6.07) is 0.0484. The Morgan fingerprint density at radius 1 is 1.55 bits per heavy atom. The first-order valence-corrected chi connectivity index (χ1v) is 7.15. The first kappa shape index (κ1) is 14.9. The number of carbonyl (C=O) groups is 1. The molecule has 1 aliphatic heterocycles. The van der Waals surface area contributed by atoms with E-state index in [1.165, 1.54) is 0 Å². The normalized spacial score (nSPS) is 19.2. The minimum atomic E-state index is -0.880. The summed E-state index contributed by atoms with van der Waals surface area (Å²) < 4.78 is 5.11. The molecule has 7 nitrogen and oxygen atoms in total. The molecule has 0 aromatic carbocycles. The molecule has 1 aromatic rings. The van der Waals surface area contributed by atoms with Crippen molar-refractivity contribution in [2.75, 3.05) is 13.1 Å². The van der Waals surface area contributed by atoms with Crippen LogP contribution in [0.2, 0.25) is 0 Å². The predicted octanol–water partition coefficient (Wildman–Crippen LogP) is 0.775. The molecule has 2 rings (SSSR count). The molecule has 0 saturated carbocycles. The Balaban J connectivity index is 1.92. The van der Waals surface area contributed by atoms with Crippen LogP contribution >= 0.6 is 0 Å². The van der Waals surface area contributed by atoms with E-state index in [1.807, 2.05) is 13.8 Å². The molecular weight excluding hydrogens is 260 g/mol. The van der Waals surface area contributed by atoms with Gasteiger partial charge in [-0.2, -0.15) is 4.98 Å². The van der Waals surface area contributed by atoms with E-state index in [0.29, 0.717) is 18.7 Å². The lowest BCUT2D eigenvalue weighted by Gasteiger charge is -2.24. The highest BCUT2D eigenvalue weighted by atomic mass is 16.5. The quantitative estimate of drug-likeness (QED) is 0.712. The van der Waals surface area contributed by atoms with Crippen molar-refractivity contribution in [3.05, 3.63) is 11.7 Å². The minimum absolute atomic E-state index is 0.0169. The molecule has 1 aromatic heterocycles. The molecule has 1 unspecified atom stereocenters. The maximum atomic E-state index is 11.9. The fourth-order valence-corrected chi connectivity index (χ4v) is 2.19. The van der Waals surface area contributed by atoms with Crippen molar-refractivity contribution in [3.63, 3.8) is 0 Å². The Hall–Kier alpha value is -1.47. The van der Waals surface area contributed by atoms with Gasteiger partial charge in [-0.15, -0.1) is 0 Å². The lowest BCUT2D eigenvalue weighted by Crippen LogP contribution is -2.42. The lowest BCUT2D eigenvalue weighted by atomic mass is 9.98. The molecule has 1 amide bonds. The van der Waals surface area contributed by atoms with Gasteiger partial charge in [0.15, 0.2) is 0 Å². The van der Waals surface area contributed by atoms with Crippen molar-refractivity contribution >= 4 is 5.91 Å². The number of aliphatic hydroxyl groups is 1. The number of rotatable bonds is 6. The zero-order valence-corrected chi connectivity index (χ0v) is 12.0. The average Bonchev–Trinajstić information content (AvgIpc) is 3.14. The van der Waals surface area contributed by atoms with Crippen molar-refractivity contribution in [2.45, 2.75) is 51.2 Å². The van der Waals surface area contributed by atoms with Crippen LogP contribution in [0.4, 0.5) is 0 Å². The van der Waals surface area contributed by atoms with Crippen LogP contribution in [0.3, 0.4) is 0 Å². The number of hydrogen-bond donors (Lipinski definition) is 3. The first-order valence-electron chi connectivity index (χ1n) is 7.15. The van der Waals surface area contributed by atoms with Crippen molar-refractivity contribution < 1.29 is 14.4 Å². The Morgan fingerprint density at radius 3 is 2.90 bits per heavy atom. The third kappa shape index (κ3) is 3.34. The molecule has 3 N–H and O–H groups in total. The molecule has 112 valence electrons. The van der Waals surface area contributed by atoms with Crippen molar-refractivity contribution in [1.82, 2.24) is 20.8 Å². The number of aromatic nitrogens is 2. The fraction of sp³-hybridized carbons (Fsp3) is 0.769. The topological polar surface area (TPSA) is 100 Å². The van der Waals surface area contributed by atoms with Gasteiger partial charge >= 0.3 is 0 Å². The van der Waals surface area contributed by atoms with E-state index in [1.54, 1.807) is 0 Å². The van der Waals surface area contributed by atoms with Gasteiger partial charge in [0.25, 0.3) is 11.7 Å². The minimum Gasteiger partial charge on any atom is -0.388 e. The summed E-state index contributed by atoms with van der Waals surface area (Å²) in [7, 11) is 0. The van der Waals surface area contributed by atoms with Crippen molar-refractivity contribution in [2.24, 2.45) is 0 Å². The molecule has 0 aliphatic carbocycles. The number of nitrogens with zero attached hydrogens (tertiary/aromatic N) is 2. The summed E-state index contributed by atoms with van der Waals surface area (Å²) in [5, 5.41) is 19.7. The molecule has 7 heteroatoms. The van der Waals surface area contributed by atoms with E-state index in [2.05, 4.69) is 20.8 Å². The Bertz CT molecular complexity index is 450.